The first-order valence-electron chi connectivity index (χ1n) is 8.29. The highest BCUT2D eigenvalue weighted by molar-refractivity contribution is 5.35. The molecule has 0 amide bonds. The number of aryl methyl sites for hydroxylation is 2. The molecule has 112 valence electrons. The van der Waals surface area contributed by atoms with Crippen molar-refractivity contribution < 1.29 is 9.64 Å². The van der Waals surface area contributed by atoms with Gasteiger partial charge in [0.25, 0.3) is 0 Å². The van der Waals surface area contributed by atoms with Crippen LogP contribution >= 0.6 is 0 Å². The Morgan fingerprint density at radius 3 is 2.50 bits per heavy atom. The Bertz CT molecular complexity index is 396. The van der Waals surface area contributed by atoms with Gasteiger partial charge in [0.2, 0.25) is 0 Å². The van der Waals surface area contributed by atoms with Crippen LogP contribution in [0.4, 0.5) is 0 Å². The highest BCUT2D eigenvalue weighted by Crippen LogP contribution is 2.19. The number of hydrogen-bond acceptors (Lipinski definition) is 1. The molecule has 1 fully saturated rings. The van der Waals surface area contributed by atoms with Crippen LogP contribution in [-0.2, 0) is 0 Å². The number of nitrogens with one attached hydrogen (secondary N) is 1. The summed E-state index contributed by atoms with van der Waals surface area (Å²) in [6, 6.07) is 6.41. The third-order valence-electron chi connectivity index (χ3n) is 4.32. The summed E-state index contributed by atoms with van der Waals surface area (Å²) in [6.07, 6.45) is 8.12. The predicted molar refractivity (Wildman–Crippen MR) is 84.7 cm³/mol. The zero-order valence-corrected chi connectivity index (χ0v) is 13.2. The van der Waals surface area contributed by atoms with Gasteiger partial charge in [-0.2, -0.15) is 0 Å². The summed E-state index contributed by atoms with van der Waals surface area (Å²) in [7, 11) is 0. The average molecular weight is 276 g/mol. The summed E-state index contributed by atoms with van der Waals surface area (Å²) in [4.78, 5) is 1.83. The van der Waals surface area contributed by atoms with Gasteiger partial charge in [-0.3, -0.25) is 0 Å². The Labute approximate surface area is 124 Å². The fourth-order valence-electron chi connectivity index (χ4n) is 3.10. The molecule has 1 saturated heterocycles. The standard InChI is InChI=1S/C18H29NO/c1-16-9-10-18(17(2)15-16)20-14-8-4-3-5-11-19-12-6-7-13-19/h9-10,15H,3-8,11-14H2,1-2H3/p+1. The summed E-state index contributed by atoms with van der Waals surface area (Å²) >= 11 is 0. The SMILES string of the molecule is Cc1ccc(OCCCCCC[NH+]2CCCC2)c(C)c1. The van der Waals surface area contributed by atoms with Gasteiger partial charge in [-0.05, 0) is 51.2 Å². The van der Waals surface area contributed by atoms with E-state index in [1.807, 2.05) is 4.90 Å². The maximum absolute atomic E-state index is 5.87. The van der Waals surface area contributed by atoms with Gasteiger partial charge in [-0.15, -0.1) is 0 Å². The minimum Gasteiger partial charge on any atom is -0.493 e. The Morgan fingerprint density at radius 2 is 1.75 bits per heavy atom. The minimum absolute atomic E-state index is 0.862. The molecular weight excluding hydrogens is 246 g/mol. The molecule has 20 heavy (non-hydrogen) atoms. The van der Waals surface area contributed by atoms with Crippen molar-refractivity contribution in [2.24, 2.45) is 0 Å². The van der Waals surface area contributed by atoms with E-state index in [0.717, 1.165) is 12.4 Å². The molecule has 0 saturated carbocycles. The zero-order valence-electron chi connectivity index (χ0n) is 13.2. The number of unbranched alkanes of at least 4 members (excludes halogenated alkanes) is 3. The van der Waals surface area contributed by atoms with E-state index in [4.69, 9.17) is 4.74 Å². The number of ether oxygens (including phenoxy) is 1. The Morgan fingerprint density at radius 1 is 1.00 bits per heavy atom. The van der Waals surface area contributed by atoms with Crippen LogP contribution in [0.25, 0.3) is 0 Å². The number of benzene rings is 1. The van der Waals surface area contributed by atoms with Crippen LogP contribution in [0, 0.1) is 13.8 Å². The first kappa shape index (κ1) is 15.4. The van der Waals surface area contributed by atoms with E-state index in [-0.39, 0.29) is 0 Å². The van der Waals surface area contributed by atoms with Crippen molar-refractivity contribution in [3.8, 4) is 5.75 Å². The van der Waals surface area contributed by atoms with Crippen molar-refractivity contribution >= 4 is 0 Å². The van der Waals surface area contributed by atoms with E-state index in [2.05, 4.69) is 32.0 Å². The van der Waals surface area contributed by atoms with Crippen LogP contribution in [0.15, 0.2) is 18.2 Å². The number of hydrogen-bond donors (Lipinski definition) is 1. The van der Waals surface area contributed by atoms with Crippen molar-refractivity contribution in [3.63, 3.8) is 0 Å². The van der Waals surface area contributed by atoms with Crippen LogP contribution in [0.1, 0.15) is 49.7 Å². The van der Waals surface area contributed by atoms with Gasteiger partial charge in [-0.1, -0.05) is 17.7 Å². The minimum atomic E-state index is 0.862. The molecule has 1 aliphatic heterocycles. The summed E-state index contributed by atoms with van der Waals surface area (Å²) in [5.74, 6) is 1.05. The lowest BCUT2D eigenvalue weighted by Crippen LogP contribution is -3.09. The van der Waals surface area contributed by atoms with Gasteiger partial charge >= 0.3 is 0 Å². The summed E-state index contributed by atoms with van der Waals surface area (Å²) < 4.78 is 5.87. The highest BCUT2D eigenvalue weighted by Gasteiger charge is 2.13. The molecular formula is C18H30NO+. The summed E-state index contributed by atoms with van der Waals surface area (Å²) in [5.41, 5.74) is 2.56. The van der Waals surface area contributed by atoms with Gasteiger partial charge in [0.15, 0.2) is 0 Å². The van der Waals surface area contributed by atoms with E-state index in [9.17, 15) is 0 Å². The van der Waals surface area contributed by atoms with Gasteiger partial charge in [0, 0.05) is 12.8 Å². The number of rotatable bonds is 8. The Kier molecular flexibility index (Phi) is 6.38. The molecule has 1 aromatic carbocycles. The van der Waals surface area contributed by atoms with Crippen molar-refractivity contribution in [2.75, 3.05) is 26.2 Å². The normalized spacial score (nSPS) is 15.7. The largest absolute Gasteiger partial charge is 0.493 e. The fourth-order valence-corrected chi connectivity index (χ4v) is 3.10. The second-order valence-electron chi connectivity index (χ2n) is 6.24. The average Bonchev–Trinajstić information content (AvgIpc) is 2.93. The quantitative estimate of drug-likeness (QED) is 0.721. The molecule has 0 bridgehead atoms. The summed E-state index contributed by atoms with van der Waals surface area (Å²) in [5, 5.41) is 0. The lowest BCUT2D eigenvalue weighted by atomic mass is 10.1. The fraction of sp³-hybridized carbons (Fsp3) is 0.667. The molecule has 0 radical (unpaired) electrons. The van der Waals surface area contributed by atoms with Crippen LogP contribution in [0.3, 0.4) is 0 Å². The number of likely N-dealkylation sites (tertiary alicyclic amines) is 1. The van der Waals surface area contributed by atoms with Gasteiger partial charge < -0.3 is 9.64 Å². The monoisotopic (exact) mass is 276 g/mol. The molecule has 0 unspecified atom stereocenters. The molecule has 0 spiro atoms. The molecule has 2 nitrogen and oxygen atoms in total. The topological polar surface area (TPSA) is 13.7 Å². The molecule has 0 aromatic heterocycles. The van der Waals surface area contributed by atoms with E-state index >= 15 is 0 Å². The van der Waals surface area contributed by atoms with Crippen molar-refractivity contribution in [2.45, 2.75) is 52.4 Å². The second kappa shape index (κ2) is 8.31. The molecule has 0 atom stereocenters. The molecule has 1 heterocycles. The highest BCUT2D eigenvalue weighted by atomic mass is 16.5. The molecule has 1 aliphatic rings. The zero-order chi connectivity index (χ0) is 14.2. The molecule has 0 aliphatic carbocycles. The van der Waals surface area contributed by atoms with Crippen LogP contribution in [-0.4, -0.2) is 26.2 Å². The first-order valence-corrected chi connectivity index (χ1v) is 8.29. The lowest BCUT2D eigenvalue weighted by molar-refractivity contribution is -0.887. The lowest BCUT2D eigenvalue weighted by Gasteiger charge is -2.12. The van der Waals surface area contributed by atoms with Gasteiger partial charge in [0.1, 0.15) is 5.75 Å². The van der Waals surface area contributed by atoms with E-state index in [1.54, 1.807) is 0 Å². The molecule has 2 heteroatoms. The van der Waals surface area contributed by atoms with Crippen LogP contribution < -0.4 is 9.64 Å². The predicted octanol–water partition coefficient (Wildman–Crippen LogP) is 2.92. The van der Waals surface area contributed by atoms with Gasteiger partial charge in [0.05, 0.1) is 26.2 Å². The van der Waals surface area contributed by atoms with Crippen molar-refractivity contribution in [3.05, 3.63) is 29.3 Å². The van der Waals surface area contributed by atoms with Crippen LogP contribution in [0.2, 0.25) is 0 Å². The third kappa shape index (κ3) is 5.16. The van der Waals surface area contributed by atoms with E-state index < -0.39 is 0 Å². The third-order valence-corrected chi connectivity index (χ3v) is 4.32. The van der Waals surface area contributed by atoms with Crippen molar-refractivity contribution in [1.29, 1.82) is 0 Å². The summed E-state index contributed by atoms with van der Waals surface area (Å²) in [6.45, 7) is 9.32. The smallest absolute Gasteiger partial charge is 0.122 e. The molecule has 2 rings (SSSR count). The van der Waals surface area contributed by atoms with Crippen molar-refractivity contribution in [1.82, 2.24) is 0 Å². The Hall–Kier alpha value is -1.02. The van der Waals surface area contributed by atoms with Crippen LogP contribution in [0.5, 0.6) is 5.75 Å². The maximum Gasteiger partial charge on any atom is 0.122 e. The number of quaternary nitrogens is 1. The molecule has 1 N–H and O–H groups in total. The second-order valence-corrected chi connectivity index (χ2v) is 6.24. The van der Waals surface area contributed by atoms with E-state index in [0.29, 0.717) is 0 Å². The Balaban J connectivity index is 1.50. The maximum atomic E-state index is 5.87. The van der Waals surface area contributed by atoms with Gasteiger partial charge in [-0.25, -0.2) is 0 Å². The molecule has 1 aromatic rings. The first-order chi connectivity index (χ1) is 9.75. The van der Waals surface area contributed by atoms with E-state index in [1.165, 1.54) is 69.3 Å².